The maximum absolute atomic E-state index is 14.9. The number of nitrogens with zero attached hydrogens (tertiary/aromatic N) is 5. The van der Waals surface area contributed by atoms with Crippen molar-refractivity contribution in [2.75, 3.05) is 27.7 Å². The number of carbonyl (C=O) groups is 4. The van der Waals surface area contributed by atoms with Crippen molar-refractivity contribution in [2.45, 2.75) is 167 Å². The average Bonchev–Trinajstić information content (AvgIpc) is 3.77. The largest absolute Gasteiger partial charge is 0.457 e. The second kappa shape index (κ2) is 18.2. The molecule has 0 saturated carbocycles. The summed E-state index contributed by atoms with van der Waals surface area (Å²) >= 11 is 0. The number of ketones is 2. The first-order chi connectivity index (χ1) is 27.7. The minimum atomic E-state index is -1.38. The molecule has 3 fully saturated rings. The molecule has 1 N–H and O–H groups in total. The summed E-state index contributed by atoms with van der Waals surface area (Å²) < 4.78 is 33.6. The zero-order valence-corrected chi connectivity index (χ0v) is 37.5. The molecule has 5 rings (SSSR count). The SMILES string of the molecule is CC[C@H]1OC(=O)[C@H](C)C(=O)[C@H](C)[C@@H](OC2O[C@H](C)C[C@H](N(C)C)[C@H]2O)[C@@](C)(OC)C[C@@H](C)C(=O)[C@H](C)[C@H]2N(CCCC(C)(C)n3cnc4cccnc43)C(=O)O[C@]12CC. The van der Waals surface area contributed by atoms with Crippen molar-refractivity contribution in [1.82, 2.24) is 24.3 Å². The summed E-state index contributed by atoms with van der Waals surface area (Å²) in [6.07, 6.45) is 0.931. The number of hydrogen-bond acceptors (Lipinski definition) is 13. The van der Waals surface area contributed by atoms with Gasteiger partial charge in [-0.1, -0.05) is 34.6 Å². The highest BCUT2D eigenvalue weighted by atomic mass is 16.7. The lowest BCUT2D eigenvalue weighted by Gasteiger charge is -2.47. The molecule has 3 aliphatic rings. The Hall–Kier alpha value is -3.50. The first-order valence-corrected chi connectivity index (χ1v) is 21.4. The molecule has 0 aromatic carbocycles. The Morgan fingerprint density at radius 3 is 2.36 bits per heavy atom. The number of aromatic nitrogens is 3. The van der Waals surface area contributed by atoms with Gasteiger partial charge in [0.15, 0.2) is 23.3 Å². The molecule has 15 nitrogen and oxygen atoms in total. The summed E-state index contributed by atoms with van der Waals surface area (Å²) in [6.45, 7) is 18.7. The Morgan fingerprint density at radius 2 is 1.73 bits per heavy atom. The molecule has 15 heteroatoms. The zero-order valence-electron chi connectivity index (χ0n) is 37.5. The van der Waals surface area contributed by atoms with Crippen LogP contribution in [0.25, 0.3) is 11.2 Å². The van der Waals surface area contributed by atoms with E-state index in [2.05, 4.69) is 23.8 Å². The quantitative estimate of drug-likeness (QED) is 0.221. The van der Waals surface area contributed by atoms with E-state index in [1.54, 1.807) is 31.3 Å². The van der Waals surface area contributed by atoms with E-state index in [-0.39, 0.29) is 43.7 Å². The number of methoxy groups -OCH3 is 1. The van der Waals surface area contributed by atoms with Gasteiger partial charge in [0.2, 0.25) is 0 Å². The lowest BCUT2D eigenvalue weighted by atomic mass is 9.72. The maximum atomic E-state index is 14.9. The average molecular weight is 828 g/mol. The summed E-state index contributed by atoms with van der Waals surface area (Å²) in [6, 6.07) is 2.69. The van der Waals surface area contributed by atoms with Crippen LogP contribution in [0.3, 0.4) is 0 Å². The van der Waals surface area contributed by atoms with Crippen LogP contribution in [-0.4, -0.2) is 135 Å². The van der Waals surface area contributed by atoms with Crippen LogP contribution in [0, 0.1) is 23.7 Å². The molecular weight excluding hydrogens is 759 g/mol. The first-order valence-electron chi connectivity index (χ1n) is 21.4. The number of rotatable bonds is 11. The third-order valence-electron chi connectivity index (χ3n) is 13.6. The molecule has 0 radical (unpaired) electrons. The number of imidazole rings is 1. The van der Waals surface area contributed by atoms with E-state index in [0.29, 0.717) is 19.3 Å². The number of aliphatic hydroxyl groups is 1. The highest BCUT2D eigenvalue weighted by Crippen LogP contribution is 2.45. The van der Waals surface area contributed by atoms with Crippen molar-refractivity contribution in [3.8, 4) is 0 Å². The molecule has 0 spiro atoms. The number of pyridine rings is 1. The van der Waals surface area contributed by atoms with Gasteiger partial charge in [-0.15, -0.1) is 0 Å². The fourth-order valence-corrected chi connectivity index (χ4v) is 10.1. The minimum Gasteiger partial charge on any atom is -0.457 e. The van der Waals surface area contributed by atoms with Crippen molar-refractivity contribution in [1.29, 1.82) is 0 Å². The summed E-state index contributed by atoms with van der Waals surface area (Å²) in [5.41, 5.74) is -1.51. The van der Waals surface area contributed by atoms with Crippen LogP contribution in [0.15, 0.2) is 24.7 Å². The Bertz CT molecular complexity index is 1820. The van der Waals surface area contributed by atoms with Crippen molar-refractivity contribution in [3.63, 3.8) is 0 Å². The van der Waals surface area contributed by atoms with Crippen molar-refractivity contribution < 1.29 is 48.0 Å². The van der Waals surface area contributed by atoms with Crippen LogP contribution in [-0.2, 0) is 43.6 Å². The molecule has 3 aliphatic heterocycles. The Morgan fingerprint density at radius 1 is 1.03 bits per heavy atom. The minimum absolute atomic E-state index is 0.127. The number of likely N-dealkylation sites (N-methyl/N-ethyl adjacent to an activating group) is 1. The zero-order chi connectivity index (χ0) is 43.8. The second-order valence-corrected chi connectivity index (χ2v) is 18.4. The lowest BCUT2D eigenvalue weighted by Crippen LogP contribution is -2.61. The van der Waals surface area contributed by atoms with Gasteiger partial charge in [0.05, 0.1) is 30.2 Å². The molecule has 13 atom stereocenters. The third-order valence-corrected chi connectivity index (χ3v) is 13.6. The normalized spacial score (nSPS) is 36.7. The predicted octanol–water partition coefficient (Wildman–Crippen LogP) is 5.54. The van der Waals surface area contributed by atoms with E-state index >= 15 is 0 Å². The third kappa shape index (κ3) is 8.96. The first kappa shape index (κ1) is 46.6. The van der Waals surface area contributed by atoms with Crippen LogP contribution in [0.1, 0.15) is 108 Å². The lowest BCUT2D eigenvalue weighted by molar-refractivity contribution is -0.295. The topological polar surface area (TPSA) is 172 Å². The maximum Gasteiger partial charge on any atom is 0.410 e. The van der Waals surface area contributed by atoms with E-state index in [0.717, 1.165) is 11.2 Å². The summed E-state index contributed by atoms with van der Waals surface area (Å²) in [7, 11) is 5.25. The van der Waals surface area contributed by atoms with Crippen LogP contribution in [0.5, 0.6) is 0 Å². The van der Waals surface area contributed by atoms with Crippen LogP contribution in [0.4, 0.5) is 4.79 Å². The van der Waals surface area contributed by atoms with Crippen molar-refractivity contribution >= 4 is 34.8 Å². The van der Waals surface area contributed by atoms with Gasteiger partial charge >= 0.3 is 12.1 Å². The second-order valence-electron chi connectivity index (χ2n) is 18.4. The molecule has 5 heterocycles. The summed E-state index contributed by atoms with van der Waals surface area (Å²) in [5, 5.41) is 11.5. The fourth-order valence-electron chi connectivity index (χ4n) is 10.1. The van der Waals surface area contributed by atoms with Gasteiger partial charge in [0.1, 0.15) is 29.4 Å². The number of hydrogen-bond donors (Lipinski definition) is 1. The summed E-state index contributed by atoms with van der Waals surface area (Å²) in [5.74, 6) is -4.96. The monoisotopic (exact) mass is 828 g/mol. The number of fused-ring (bicyclic) bond motifs is 2. The number of amides is 1. The van der Waals surface area contributed by atoms with Gasteiger partial charge in [0.25, 0.3) is 0 Å². The van der Waals surface area contributed by atoms with Gasteiger partial charge in [-0.25, -0.2) is 14.8 Å². The summed E-state index contributed by atoms with van der Waals surface area (Å²) in [4.78, 5) is 70.2. The van der Waals surface area contributed by atoms with Crippen molar-refractivity contribution in [3.05, 3.63) is 24.7 Å². The Labute approximate surface area is 349 Å². The van der Waals surface area contributed by atoms with Gasteiger partial charge < -0.3 is 43.2 Å². The van der Waals surface area contributed by atoms with Gasteiger partial charge in [-0.05, 0) is 99.4 Å². The van der Waals surface area contributed by atoms with E-state index < -0.39 is 88.9 Å². The molecule has 2 aromatic heterocycles. The molecule has 3 saturated heterocycles. The molecular formula is C44H69N5O10. The standard InChI is InChI=1S/C44H69N5O10/c1-14-32-44(15-2)36(48(41(54)59-44)21-17-19-42(8,9)49-24-46-30-18-16-20-45-38(30)49)27(5)33(50)25(3)23-43(10,55-13)37(28(6)34(51)29(7)39(53)57-32)58-40-35(52)31(47(11)12)22-26(4)56-40/h16,18,20,24-29,31-32,35-37,40,52H,14-15,17,19,21-23H2,1-13H3/t25-,26-,27+,28+,29-,31+,32-,35-,36-,37-,40?,43+,44-/m1/s1. The molecule has 1 unspecified atom stereocenters. The number of carbonyl (C=O) groups excluding carboxylic acids is 4. The number of ether oxygens (including phenoxy) is 5. The number of cyclic esters (lactones) is 1. The Balaban J connectivity index is 1.51. The van der Waals surface area contributed by atoms with Crippen LogP contribution in [0.2, 0.25) is 0 Å². The molecule has 1 amide bonds. The van der Waals surface area contributed by atoms with Gasteiger partial charge in [-0.3, -0.25) is 14.4 Å². The van der Waals surface area contributed by atoms with Crippen LogP contribution < -0.4 is 0 Å². The highest BCUT2D eigenvalue weighted by Gasteiger charge is 2.62. The molecule has 0 aliphatic carbocycles. The molecule has 2 aromatic rings. The number of aliphatic hydroxyl groups excluding tert-OH is 1. The van der Waals surface area contributed by atoms with E-state index in [1.165, 1.54) is 14.0 Å². The van der Waals surface area contributed by atoms with Crippen molar-refractivity contribution in [2.24, 2.45) is 23.7 Å². The molecule has 59 heavy (non-hydrogen) atoms. The van der Waals surface area contributed by atoms with E-state index in [1.807, 2.05) is 70.3 Å². The highest BCUT2D eigenvalue weighted by molar-refractivity contribution is 6.00. The fraction of sp³-hybridized carbons (Fsp3) is 0.773. The van der Waals surface area contributed by atoms with E-state index in [4.69, 9.17) is 23.7 Å². The van der Waals surface area contributed by atoms with Gasteiger partial charge in [0, 0.05) is 49.2 Å². The van der Waals surface area contributed by atoms with E-state index in [9.17, 15) is 24.3 Å². The smallest absolute Gasteiger partial charge is 0.410 e. The van der Waals surface area contributed by atoms with Gasteiger partial charge in [-0.2, -0.15) is 0 Å². The number of esters is 1. The van der Waals surface area contributed by atoms with Crippen LogP contribution >= 0.6 is 0 Å². The Kier molecular flexibility index (Phi) is 14.4. The molecule has 0 bridgehead atoms. The number of Topliss-reactive ketones (excluding diaryl/α,β-unsaturated/α-hetero) is 2. The predicted molar refractivity (Wildman–Crippen MR) is 220 cm³/mol. The molecule has 330 valence electrons.